The number of rotatable bonds is 6. The largest absolute Gasteiger partial charge is 0.490 e. The Morgan fingerprint density at radius 2 is 1.93 bits per heavy atom. The van der Waals surface area contributed by atoms with Crippen molar-refractivity contribution >= 4 is 29.5 Å². The maximum Gasteiger partial charge on any atom is 0.363 e. The van der Waals surface area contributed by atoms with Crippen molar-refractivity contribution in [1.29, 1.82) is 0 Å². The fourth-order valence-corrected chi connectivity index (χ4v) is 2.81. The van der Waals surface area contributed by atoms with Gasteiger partial charge in [-0.3, -0.25) is 0 Å². The molecule has 3 rings (SSSR count). The zero-order valence-corrected chi connectivity index (χ0v) is 15.5. The normalized spacial score (nSPS) is 14.9. The third-order valence-electron chi connectivity index (χ3n) is 3.65. The molecule has 0 bridgehead atoms. The number of cyclic esters (lactones) is 1. The summed E-state index contributed by atoms with van der Waals surface area (Å²) in [6.07, 6.45) is 1.50. The smallest absolute Gasteiger partial charge is 0.363 e. The van der Waals surface area contributed by atoms with Gasteiger partial charge in [-0.15, -0.1) is 0 Å². The van der Waals surface area contributed by atoms with E-state index in [2.05, 4.69) is 4.99 Å². The van der Waals surface area contributed by atoms with Gasteiger partial charge in [0, 0.05) is 0 Å². The maximum atomic E-state index is 13.9. The molecule has 0 aromatic heterocycles. The second kappa shape index (κ2) is 8.22. The van der Waals surface area contributed by atoms with E-state index >= 15 is 0 Å². The zero-order valence-electron chi connectivity index (χ0n) is 14.8. The molecule has 1 aliphatic heterocycles. The fourth-order valence-electron chi connectivity index (χ4n) is 2.54. The summed E-state index contributed by atoms with van der Waals surface area (Å²) in [6.45, 7) is 4.54. The Morgan fingerprint density at radius 1 is 1.19 bits per heavy atom. The van der Waals surface area contributed by atoms with Crippen LogP contribution in [0.5, 0.6) is 11.5 Å². The van der Waals surface area contributed by atoms with Crippen LogP contribution in [0.15, 0.2) is 47.1 Å². The highest BCUT2D eigenvalue weighted by molar-refractivity contribution is 6.32. The van der Waals surface area contributed by atoms with Gasteiger partial charge < -0.3 is 14.2 Å². The molecular formula is C20H17ClFNO4. The molecule has 0 amide bonds. The van der Waals surface area contributed by atoms with E-state index in [-0.39, 0.29) is 17.2 Å². The lowest BCUT2D eigenvalue weighted by molar-refractivity contribution is -0.129. The number of nitrogens with zero attached hydrogens (tertiary/aromatic N) is 1. The van der Waals surface area contributed by atoms with Crippen molar-refractivity contribution in [3.05, 3.63) is 64.1 Å². The molecule has 7 heteroatoms. The van der Waals surface area contributed by atoms with E-state index in [1.165, 1.54) is 18.2 Å². The highest BCUT2D eigenvalue weighted by Crippen LogP contribution is 2.37. The number of carbonyl (C=O) groups is 1. The highest BCUT2D eigenvalue weighted by Gasteiger charge is 2.26. The predicted molar refractivity (Wildman–Crippen MR) is 101 cm³/mol. The first-order valence-electron chi connectivity index (χ1n) is 8.40. The fraction of sp³-hybridized carbons (Fsp3) is 0.200. The van der Waals surface area contributed by atoms with Gasteiger partial charge in [0.25, 0.3) is 0 Å². The van der Waals surface area contributed by atoms with Crippen molar-refractivity contribution in [2.75, 3.05) is 13.2 Å². The summed E-state index contributed by atoms with van der Waals surface area (Å²) < 4.78 is 30.1. The number of benzene rings is 2. The number of ether oxygens (including phenoxy) is 3. The van der Waals surface area contributed by atoms with Gasteiger partial charge in [-0.2, -0.15) is 0 Å². The van der Waals surface area contributed by atoms with E-state index in [0.29, 0.717) is 35.3 Å². The van der Waals surface area contributed by atoms with Crippen LogP contribution in [-0.4, -0.2) is 25.1 Å². The van der Waals surface area contributed by atoms with Crippen molar-refractivity contribution in [2.45, 2.75) is 13.8 Å². The number of esters is 1. The first-order chi connectivity index (χ1) is 13.0. The first-order valence-corrected chi connectivity index (χ1v) is 8.77. The third-order valence-corrected chi connectivity index (χ3v) is 3.93. The van der Waals surface area contributed by atoms with Crippen molar-refractivity contribution < 1.29 is 23.4 Å². The zero-order chi connectivity index (χ0) is 19.4. The van der Waals surface area contributed by atoms with Crippen LogP contribution in [-0.2, 0) is 9.53 Å². The molecule has 27 heavy (non-hydrogen) atoms. The van der Waals surface area contributed by atoms with Gasteiger partial charge >= 0.3 is 5.97 Å². The van der Waals surface area contributed by atoms with E-state index in [0.717, 1.165) is 0 Å². The molecule has 1 aliphatic rings. The predicted octanol–water partition coefficient (Wildman–Crippen LogP) is 4.62. The molecule has 0 N–H and O–H groups in total. The Bertz CT molecular complexity index is 940. The molecular weight excluding hydrogens is 373 g/mol. The second-order valence-electron chi connectivity index (χ2n) is 5.51. The molecule has 0 radical (unpaired) electrons. The molecule has 0 atom stereocenters. The Hall–Kier alpha value is -2.86. The lowest BCUT2D eigenvalue weighted by Gasteiger charge is -2.13. The molecule has 0 saturated carbocycles. The maximum absolute atomic E-state index is 13.9. The topological polar surface area (TPSA) is 57.1 Å². The minimum atomic E-state index is -0.670. The number of hydrogen-bond donors (Lipinski definition) is 0. The molecule has 0 fully saturated rings. The van der Waals surface area contributed by atoms with Gasteiger partial charge in [0.15, 0.2) is 17.2 Å². The van der Waals surface area contributed by atoms with Crippen molar-refractivity contribution in [3.8, 4) is 11.5 Å². The number of hydrogen-bond acceptors (Lipinski definition) is 5. The molecule has 2 aromatic carbocycles. The average Bonchev–Trinajstić information content (AvgIpc) is 2.99. The molecule has 140 valence electrons. The van der Waals surface area contributed by atoms with Crippen LogP contribution < -0.4 is 9.47 Å². The Kier molecular flexibility index (Phi) is 5.76. The average molecular weight is 390 g/mol. The summed E-state index contributed by atoms with van der Waals surface area (Å²) >= 11 is 6.28. The molecule has 0 spiro atoms. The van der Waals surface area contributed by atoms with E-state index in [1.54, 1.807) is 24.3 Å². The summed E-state index contributed by atoms with van der Waals surface area (Å²) in [5.41, 5.74) is 0.738. The molecule has 0 unspecified atom stereocenters. The van der Waals surface area contributed by atoms with Crippen molar-refractivity contribution in [1.82, 2.24) is 0 Å². The Balaban J connectivity index is 1.98. The quantitative estimate of drug-likeness (QED) is 0.534. The van der Waals surface area contributed by atoms with Crippen LogP contribution >= 0.6 is 11.6 Å². The monoisotopic (exact) mass is 389 g/mol. The van der Waals surface area contributed by atoms with E-state index in [1.807, 2.05) is 13.8 Å². The summed E-state index contributed by atoms with van der Waals surface area (Å²) in [5, 5.41) is 0.347. The molecule has 1 heterocycles. The summed E-state index contributed by atoms with van der Waals surface area (Å²) in [5.74, 6) is -0.369. The van der Waals surface area contributed by atoms with Crippen LogP contribution in [0.25, 0.3) is 6.08 Å². The van der Waals surface area contributed by atoms with E-state index in [4.69, 9.17) is 25.8 Å². The van der Waals surface area contributed by atoms with Crippen LogP contribution in [0.3, 0.4) is 0 Å². The van der Waals surface area contributed by atoms with E-state index < -0.39 is 11.8 Å². The van der Waals surface area contributed by atoms with Gasteiger partial charge in [-0.1, -0.05) is 23.7 Å². The van der Waals surface area contributed by atoms with E-state index in [9.17, 15) is 9.18 Å². The lowest BCUT2D eigenvalue weighted by Crippen LogP contribution is -2.07. The SMILES string of the molecule is CCOc1cc(C=C2N=C(c3ccccc3F)OC2=O)cc(Cl)c1OCC. The molecule has 5 nitrogen and oxygen atoms in total. The van der Waals surface area contributed by atoms with Gasteiger partial charge in [0.1, 0.15) is 5.82 Å². The van der Waals surface area contributed by atoms with Crippen LogP contribution in [0, 0.1) is 5.82 Å². The number of carbonyl (C=O) groups excluding carboxylic acids is 1. The van der Waals surface area contributed by atoms with Crippen molar-refractivity contribution in [2.24, 2.45) is 4.99 Å². The lowest BCUT2D eigenvalue weighted by atomic mass is 10.1. The molecule has 2 aromatic rings. The number of halogens is 2. The molecule has 0 aliphatic carbocycles. The first kappa shape index (κ1) is 18.9. The van der Waals surface area contributed by atoms with Gasteiger partial charge in [0.05, 0.1) is 23.8 Å². The van der Waals surface area contributed by atoms with Gasteiger partial charge in [-0.05, 0) is 49.8 Å². The second-order valence-corrected chi connectivity index (χ2v) is 5.92. The van der Waals surface area contributed by atoms with Gasteiger partial charge in [0.2, 0.25) is 5.90 Å². The van der Waals surface area contributed by atoms with Gasteiger partial charge in [-0.25, -0.2) is 14.2 Å². The highest BCUT2D eigenvalue weighted by atomic mass is 35.5. The van der Waals surface area contributed by atoms with Crippen LogP contribution in [0.2, 0.25) is 5.02 Å². The van der Waals surface area contributed by atoms with Crippen molar-refractivity contribution in [3.63, 3.8) is 0 Å². The standard InChI is InChI=1S/C20H17ClFNO4/c1-3-25-17-11-12(9-14(21)18(17)26-4-2)10-16-20(24)27-19(23-16)13-7-5-6-8-15(13)22/h5-11H,3-4H2,1-2H3. The summed E-state index contributed by atoms with van der Waals surface area (Å²) in [4.78, 5) is 16.2. The minimum absolute atomic E-state index is 0.0379. The third kappa shape index (κ3) is 4.11. The van der Waals surface area contributed by atoms with Crippen LogP contribution in [0.4, 0.5) is 4.39 Å². The van der Waals surface area contributed by atoms with Crippen LogP contribution in [0.1, 0.15) is 25.0 Å². The summed E-state index contributed by atoms with van der Waals surface area (Å²) in [7, 11) is 0. The number of aliphatic imine (C=N–C) groups is 1. The molecule has 0 saturated heterocycles. The summed E-state index contributed by atoms with van der Waals surface area (Å²) in [6, 6.07) is 9.27. The Morgan fingerprint density at radius 3 is 2.63 bits per heavy atom. The minimum Gasteiger partial charge on any atom is -0.490 e. The Labute approximate surface area is 161 Å².